The van der Waals surface area contributed by atoms with Gasteiger partial charge in [0.1, 0.15) is 4.90 Å². The van der Waals surface area contributed by atoms with Crippen LogP contribution < -0.4 is 10.5 Å². The lowest BCUT2D eigenvalue weighted by molar-refractivity contribution is -0.385. The van der Waals surface area contributed by atoms with E-state index >= 15 is 0 Å². The number of hydrogen-bond donors (Lipinski definition) is 2. The van der Waals surface area contributed by atoms with E-state index in [0.29, 0.717) is 5.69 Å². The highest BCUT2D eigenvalue weighted by molar-refractivity contribution is 7.89. The van der Waals surface area contributed by atoms with Crippen LogP contribution in [0.4, 0.5) is 11.4 Å². The minimum absolute atomic E-state index is 0.000958. The fourth-order valence-electron chi connectivity index (χ4n) is 1.69. The molecular formula is C11H13N5O4S. The number of hydrogen-bond acceptors (Lipinski definition) is 6. The number of anilines is 1. The molecule has 1 aromatic heterocycles. The van der Waals surface area contributed by atoms with Gasteiger partial charge in [-0.25, -0.2) is 13.1 Å². The summed E-state index contributed by atoms with van der Waals surface area (Å²) in [6.45, 7) is 0.000958. The molecule has 0 saturated heterocycles. The third-order valence-corrected chi connectivity index (χ3v) is 4.32. The highest BCUT2D eigenvalue weighted by Gasteiger charge is 2.21. The normalized spacial score (nSPS) is 11.5. The van der Waals surface area contributed by atoms with Gasteiger partial charge in [0.05, 0.1) is 22.8 Å². The molecule has 0 bridgehead atoms. The predicted molar refractivity (Wildman–Crippen MR) is 74.7 cm³/mol. The maximum absolute atomic E-state index is 12.2. The Hall–Kier alpha value is -2.46. The van der Waals surface area contributed by atoms with Gasteiger partial charge in [-0.05, 0) is 12.1 Å². The van der Waals surface area contributed by atoms with Crippen molar-refractivity contribution in [3.63, 3.8) is 0 Å². The minimum atomic E-state index is -3.96. The third kappa shape index (κ3) is 3.17. The van der Waals surface area contributed by atoms with Crippen molar-refractivity contribution in [2.75, 3.05) is 5.73 Å². The smallest absolute Gasteiger partial charge is 0.270 e. The molecule has 10 heteroatoms. The number of nitrogens with zero attached hydrogens (tertiary/aromatic N) is 3. The van der Waals surface area contributed by atoms with E-state index in [0.717, 1.165) is 12.1 Å². The Balaban J connectivity index is 2.29. The van der Waals surface area contributed by atoms with Crippen LogP contribution in [0.25, 0.3) is 0 Å². The summed E-state index contributed by atoms with van der Waals surface area (Å²) in [5.41, 5.74) is 5.84. The van der Waals surface area contributed by atoms with Gasteiger partial charge in [-0.3, -0.25) is 14.8 Å². The first-order valence-corrected chi connectivity index (χ1v) is 7.30. The number of rotatable bonds is 5. The molecule has 3 N–H and O–H groups in total. The van der Waals surface area contributed by atoms with Crippen molar-refractivity contribution in [3.8, 4) is 0 Å². The SMILES string of the molecule is Cn1nccc1CNS(=O)(=O)c1cc([N+](=O)[O-])ccc1N. The Morgan fingerprint density at radius 2 is 2.14 bits per heavy atom. The monoisotopic (exact) mass is 311 g/mol. The Labute approximate surface area is 120 Å². The van der Waals surface area contributed by atoms with E-state index in [4.69, 9.17) is 5.73 Å². The van der Waals surface area contributed by atoms with Crippen LogP contribution in [0, 0.1) is 10.1 Å². The van der Waals surface area contributed by atoms with Crippen LogP contribution >= 0.6 is 0 Å². The number of nitro groups is 1. The zero-order valence-corrected chi connectivity index (χ0v) is 11.9. The molecule has 0 aliphatic rings. The summed E-state index contributed by atoms with van der Waals surface area (Å²) in [6, 6.07) is 4.92. The van der Waals surface area contributed by atoms with Gasteiger partial charge in [0, 0.05) is 25.4 Å². The van der Waals surface area contributed by atoms with E-state index in [2.05, 4.69) is 9.82 Å². The Morgan fingerprint density at radius 1 is 1.43 bits per heavy atom. The molecule has 0 saturated carbocycles. The van der Waals surface area contributed by atoms with Gasteiger partial charge < -0.3 is 5.73 Å². The lowest BCUT2D eigenvalue weighted by Gasteiger charge is -2.09. The fourth-order valence-corrected chi connectivity index (χ4v) is 2.84. The molecule has 0 spiro atoms. The number of nitrogens with one attached hydrogen (secondary N) is 1. The number of nitro benzene ring substituents is 1. The quantitative estimate of drug-likeness (QED) is 0.466. The second kappa shape index (κ2) is 5.50. The molecule has 0 aliphatic carbocycles. The summed E-state index contributed by atoms with van der Waals surface area (Å²) in [4.78, 5) is 9.72. The third-order valence-electron chi connectivity index (χ3n) is 2.86. The van der Waals surface area contributed by atoms with E-state index in [1.54, 1.807) is 13.1 Å². The van der Waals surface area contributed by atoms with Gasteiger partial charge >= 0.3 is 0 Å². The highest BCUT2D eigenvalue weighted by atomic mass is 32.2. The van der Waals surface area contributed by atoms with Gasteiger partial charge in [0.15, 0.2) is 0 Å². The van der Waals surface area contributed by atoms with E-state index < -0.39 is 14.9 Å². The van der Waals surface area contributed by atoms with Crippen molar-refractivity contribution < 1.29 is 13.3 Å². The van der Waals surface area contributed by atoms with Crippen LogP contribution in [0.15, 0.2) is 35.4 Å². The summed E-state index contributed by atoms with van der Waals surface area (Å²) in [6.07, 6.45) is 1.53. The molecule has 1 heterocycles. The van der Waals surface area contributed by atoms with Crippen molar-refractivity contribution in [3.05, 3.63) is 46.3 Å². The second-order valence-electron chi connectivity index (χ2n) is 4.25. The van der Waals surface area contributed by atoms with Crippen molar-refractivity contribution in [1.29, 1.82) is 0 Å². The molecule has 0 amide bonds. The van der Waals surface area contributed by atoms with Crippen molar-refractivity contribution in [2.45, 2.75) is 11.4 Å². The maximum Gasteiger partial charge on any atom is 0.270 e. The van der Waals surface area contributed by atoms with Crippen LogP contribution in [0.3, 0.4) is 0 Å². The molecule has 1 aromatic carbocycles. The van der Waals surface area contributed by atoms with Crippen molar-refractivity contribution in [2.24, 2.45) is 7.05 Å². The van der Waals surface area contributed by atoms with Gasteiger partial charge in [0.25, 0.3) is 5.69 Å². The molecule has 21 heavy (non-hydrogen) atoms. The molecule has 9 nitrogen and oxygen atoms in total. The number of aryl methyl sites for hydroxylation is 1. The Kier molecular flexibility index (Phi) is 3.91. The number of benzene rings is 1. The minimum Gasteiger partial charge on any atom is -0.398 e. The van der Waals surface area contributed by atoms with Gasteiger partial charge in [-0.15, -0.1) is 0 Å². The van der Waals surface area contributed by atoms with Crippen LogP contribution in [0.2, 0.25) is 0 Å². The largest absolute Gasteiger partial charge is 0.398 e. The first-order chi connectivity index (χ1) is 9.81. The predicted octanol–water partition coefficient (Wildman–Crippen LogP) is 0.389. The van der Waals surface area contributed by atoms with Crippen molar-refractivity contribution >= 4 is 21.4 Å². The summed E-state index contributed by atoms with van der Waals surface area (Å²) in [5, 5.41) is 14.6. The molecule has 0 fully saturated rings. The van der Waals surface area contributed by atoms with E-state index in [9.17, 15) is 18.5 Å². The molecule has 0 unspecified atom stereocenters. The van der Waals surface area contributed by atoms with E-state index in [1.807, 2.05) is 0 Å². The van der Waals surface area contributed by atoms with Crippen LogP contribution in [0.5, 0.6) is 0 Å². The van der Waals surface area contributed by atoms with Gasteiger partial charge in [-0.2, -0.15) is 5.10 Å². The Bertz CT molecular complexity index is 784. The lowest BCUT2D eigenvalue weighted by atomic mass is 10.3. The van der Waals surface area contributed by atoms with Crippen molar-refractivity contribution in [1.82, 2.24) is 14.5 Å². The maximum atomic E-state index is 12.2. The Morgan fingerprint density at radius 3 is 2.71 bits per heavy atom. The zero-order valence-electron chi connectivity index (χ0n) is 11.1. The van der Waals surface area contributed by atoms with Crippen LogP contribution in [-0.4, -0.2) is 23.1 Å². The molecule has 2 rings (SSSR count). The number of non-ortho nitro benzene ring substituents is 1. The fraction of sp³-hybridized carbons (Fsp3) is 0.182. The molecule has 0 atom stereocenters. The lowest BCUT2D eigenvalue weighted by Crippen LogP contribution is -2.25. The highest BCUT2D eigenvalue weighted by Crippen LogP contribution is 2.24. The topological polar surface area (TPSA) is 133 Å². The standard InChI is InChI=1S/C11H13N5O4S/c1-15-9(4-5-13-15)7-14-21(19,20)11-6-8(16(17)18)2-3-10(11)12/h2-6,14H,7,12H2,1H3. The summed E-state index contributed by atoms with van der Waals surface area (Å²) < 4.78 is 28.2. The average Bonchev–Trinajstić information content (AvgIpc) is 2.82. The second-order valence-corrected chi connectivity index (χ2v) is 5.99. The van der Waals surface area contributed by atoms with E-state index in [1.165, 1.54) is 16.9 Å². The molecule has 112 valence electrons. The average molecular weight is 311 g/mol. The first kappa shape index (κ1) is 14.9. The molecule has 0 aliphatic heterocycles. The van der Waals surface area contributed by atoms with Gasteiger partial charge in [0.2, 0.25) is 10.0 Å². The van der Waals surface area contributed by atoms with Gasteiger partial charge in [-0.1, -0.05) is 0 Å². The number of aromatic nitrogens is 2. The summed E-state index contributed by atoms with van der Waals surface area (Å²) >= 11 is 0. The first-order valence-electron chi connectivity index (χ1n) is 5.82. The zero-order chi connectivity index (χ0) is 15.6. The molecular weight excluding hydrogens is 298 g/mol. The van der Waals surface area contributed by atoms with E-state index in [-0.39, 0.29) is 22.8 Å². The summed E-state index contributed by atoms with van der Waals surface area (Å²) in [7, 11) is -2.29. The van der Waals surface area contributed by atoms with Crippen LogP contribution in [0.1, 0.15) is 5.69 Å². The molecule has 2 aromatic rings. The number of sulfonamides is 1. The molecule has 0 radical (unpaired) electrons. The summed E-state index contributed by atoms with van der Waals surface area (Å²) in [5.74, 6) is 0. The van der Waals surface area contributed by atoms with Crippen LogP contribution in [-0.2, 0) is 23.6 Å². The number of nitrogens with two attached hydrogens (primary N) is 1. The number of nitrogen functional groups attached to an aromatic ring is 1.